The van der Waals surface area contributed by atoms with E-state index in [4.69, 9.17) is 0 Å². The molecule has 0 bridgehead atoms. The molecule has 56 heavy (non-hydrogen) atoms. The van der Waals surface area contributed by atoms with Gasteiger partial charge in [0.2, 0.25) is 0 Å². The van der Waals surface area contributed by atoms with Crippen LogP contribution in [0.5, 0.6) is 0 Å². The number of hydrogen-bond donors (Lipinski definition) is 4. The Bertz CT molecular complexity index is 1980. The summed E-state index contributed by atoms with van der Waals surface area (Å²) in [5, 5.41) is 75.9. The molecule has 16 nitrogen and oxygen atoms in total. The van der Waals surface area contributed by atoms with Crippen molar-refractivity contribution < 1.29 is 72.6 Å². The van der Waals surface area contributed by atoms with E-state index in [-0.39, 0.29) is 101 Å². The normalized spacial score (nSPS) is 19.4. The van der Waals surface area contributed by atoms with E-state index in [1.54, 1.807) is 24.3 Å². The Morgan fingerprint density at radius 3 is 0.732 bits per heavy atom. The van der Waals surface area contributed by atoms with E-state index in [1.807, 2.05) is 0 Å². The molecular weight excluding hydrogens is 814 g/mol. The first-order valence-corrected chi connectivity index (χ1v) is 16.2. The van der Waals surface area contributed by atoms with Gasteiger partial charge in [0, 0.05) is 33.0 Å². The summed E-state index contributed by atoms with van der Waals surface area (Å²) in [6.45, 7) is 0. The number of carbonyl (C=O) groups excluding carboxylic acids is 4. The van der Waals surface area contributed by atoms with Crippen molar-refractivity contribution >= 4 is 69.1 Å². The Balaban J connectivity index is 0.00000300. The van der Waals surface area contributed by atoms with Gasteiger partial charge in [0.1, 0.15) is 0 Å². The number of fused-ring (bicyclic) bond motifs is 6. The van der Waals surface area contributed by atoms with E-state index in [0.29, 0.717) is 0 Å². The van der Waals surface area contributed by atoms with Crippen LogP contribution in [0.4, 0.5) is 45.5 Å². The van der Waals surface area contributed by atoms with Crippen molar-refractivity contribution in [2.24, 2.45) is 0 Å². The van der Waals surface area contributed by atoms with E-state index < -0.39 is 48.5 Å². The Morgan fingerprint density at radius 1 is 0.321 bits per heavy atom. The van der Waals surface area contributed by atoms with Crippen molar-refractivity contribution in [1.82, 2.24) is 0 Å². The summed E-state index contributed by atoms with van der Waals surface area (Å²) >= 11 is 0. The number of rotatable bonds is 0. The van der Waals surface area contributed by atoms with E-state index in [1.165, 1.54) is 72.8 Å². The maximum atomic E-state index is 13.8. The van der Waals surface area contributed by atoms with Crippen LogP contribution in [0.1, 0.15) is 41.4 Å². The predicted molar refractivity (Wildman–Crippen MR) is 198 cm³/mol. The minimum atomic E-state index is -1.84. The number of carbonyl (C=O) groups is 4. The van der Waals surface area contributed by atoms with Crippen molar-refractivity contribution in [3.05, 3.63) is 174 Å². The third-order valence-electron chi connectivity index (χ3n) is 8.12. The molecule has 294 valence electrons. The second kappa shape index (κ2) is 17.6. The number of para-hydroxylation sites is 4. The molecule has 0 fully saturated rings. The van der Waals surface area contributed by atoms with Crippen LogP contribution in [-0.4, -0.2) is 69.0 Å². The van der Waals surface area contributed by atoms with Crippen molar-refractivity contribution in [2.45, 2.75) is 24.9 Å². The summed E-state index contributed by atoms with van der Waals surface area (Å²) in [7, 11) is 0. The summed E-state index contributed by atoms with van der Waals surface area (Å²) in [5.41, 5.74) is -1.64. The molecule has 0 spiro atoms. The van der Waals surface area contributed by atoms with Gasteiger partial charge in [-0.3, -0.25) is 0 Å². The van der Waals surface area contributed by atoms with Crippen LogP contribution in [0.25, 0.3) is 42.5 Å². The third kappa shape index (κ3) is 8.77. The number of hydrogen-bond acceptors (Lipinski definition) is 8. The van der Waals surface area contributed by atoms with Crippen LogP contribution >= 0.6 is 0 Å². The van der Waals surface area contributed by atoms with Gasteiger partial charge >= 0.3 is 0 Å². The molecular formula is C38H26N8Ni2O8-8. The number of nitrogens with zero attached hydrogens (tertiary/aromatic N) is 8. The zero-order chi connectivity index (χ0) is 37.9. The van der Waals surface area contributed by atoms with Crippen molar-refractivity contribution in [2.75, 3.05) is 0 Å². The van der Waals surface area contributed by atoms with Gasteiger partial charge in [-0.15, -0.1) is 22.7 Å². The average molecular weight is 840 g/mol. The summed E-state index contributed by atoms with van der Waals surface area (Å²) in [6.07, 6.45) is -7.37. The molecule has 18 heteroatoms. The molecule has 2 aliphatic heterocycles. The number of aliphatic hydroxyl groups is 4. The van der Waals surface area contributed by atoms with Gasteiger partial charge < -0.3 is 82.1 Å². The fraction of sp³-hybridized carbons (Fsp3) is 0.105. The summed E-state index contributed by atoms with van der Waals surface area (Å²) in [4.78, 5) is 55.1. The third-order valence-corrected chi connectivity index (χ3v) is 8.12. The van der Waals surface area contributed by atoms with Gasteiger partial charge in [0.15, 0.2) is 0 Å². The monoisotopic (exact) mass is 838 g/mol. The smallest absolute Gasteiger partial charge is 0.0840 e. The molecule has 7 rings (SSSR count). The summed E-state index contributed by atoms with van der Waals surface area (Å²) in [5.74, 6) is -3.66. The quantitative estimate of drug-likeness (QED) is 0.110. The van der Waals surface area contributed by atoms with E-state index >= 15 is 0 Å². The van der Waals surface area contributed by atoms with Gasteiger partial charge in [-0.2, -0.15) is 22.7 Å². The molecule has 4 unspecified atom stereocenters. The Labute approximate surface area is 339 Å². The van der Waals surface area contributed by atoms with Crippen molar-refractivity contribution in [1.29, 1.82) is 0 Å². The van der Waals surface area contributed by atoms with Gasteiger partial charge in [0.25, 0.3) is 0 Å². The first-order valence-electron chi connectivity index (χ1n) is 16.2. The van der Waals surface area contributed by atoms with Gasteiger partial charge in [-0.05, 0) is 47.2 Å². The molecule has 5 aromatic rings. The van der Waals surface area contributed by atoms with Gasteiger partial charge in [-0.25, -0.2) is 0 Å². The molecule has 5 aromatic carbocycles. The summed E-state index contributed by atoms with van der Waals surface area (Å²) < 4.78 is 0. The Hall–Kier alpha value is -5.99. The second-order valence-corrected chi connectivity index (χ2v) is 11.7. The van der Waals surface area contributed by atoms with E-state index in [0.717, 1.165) is 12.1 Å². The van der Waals surface area contributed by atoms with Crippen molar-refractivity contribution in [3.8, 4) is 0 Å². The fourth-order valence-electron chi connectivity index (χ4n) is 5.50. The van der Waals surface area contributed by atoms with Crippen molar-refractivity contribution in [3.63, 3.8) is 0 Å². The van der Waals surface area contributed by atoms with Crippen LogP contribution in [0.3, 0.4) is 0 Å². The van der Waals surface area contributed by atoms with E-state index in [2.05, 4.69) is 42.5 Å². The van der Waals surface area contributed by atoms with E-state index in [9.17, 15) is 39.6 Å². The van der Waals surface area contributed by atoms with Crippen LogP contribution in [0, 0.1) is 0 Å². The number of amides is 4. The zero-order valence-corrected chi connectivity index (χ0v) is 30.3. The maximum absolute atomic E-state index is 13.8. The first kappa shape index (κ1) is 41.2. The standard InChI is InChI=1S/C38H30N8O8.2Ni/c47-31-19-9-1-5-13-23(19)39-35(51)36(52)40-24-14-6-2-10-20(24)32(48)44-28-18-30-29(17-27(28)43-31)45-33(49)21-11-3-7-15-25(21)41-37(53)38(54)42-26-16-8-4-12-22(26)34(50)46-30;;/h1-18,35-38,51-54H,(H4-4,39,40,41,42,43,44,45,46,47,48,49,50);;/q-4;;/p-4. The SMILES string of the molecule is O=C1[N-]c2cc3c(cc2[N-]C(=O)c2ccccc2[N-]C(O)C(O)[N-]c2ccccc21)[N-]C(=O)c1ccccc1[N-]C(O)C(O)[N-]c1ccccc1C(=O)[N-]3.[Ni].[Ni]. The topological polar surface area (TPSA) is 262 Å². The number of aliphatic hydroxyl groups excluding tert-OH is 4. The molecule has 0 aromatic heterocycles. The largest absolute Gasteiger partial charge is 0.659 e. The van der Waals surface area contributed by atoms with Crippen LogP contribution in [-0.2, 0) is 33.0 Å². The molecule has 0 saturated carbocycles. The fourth-order valence-corrected chi connectivity index (χ4v) is 5.50. The minimum Gasteiger partial charge on any atom is -0.659 e. The first-order chi connectivity index (χ1) is 26.0. The van der Waals surface area contributed by atoms with Crippen LogP contribution in [0.15, 0.2) is 109 Å². The average Bonchev–Trinajstić information content (AvgIpc) is 3.16. The van der Waals surface area contributed by atoms with Gasteiger partial charge in [-0.1, -0.05) is 109 Å². The Kier molecular flexibility index (Phi) is 13.0. The maximum Gasteiger partial charge on any atom is 0.0840 e. The number of benzene rings is 5. The molecule has 2 aliphatic rings. The summed E-state index contributed by atoms with van der Waals surface area (Å²) in [6, 6.07) is 25.7. The molecule has 4 atom stereocenters. The molecule has 0 radical (unpaired) electrons. The minimum absolute atomic E-state index is 0. The Morgan fingerprint density at radius 2 is 0.518 bits per heavy atom. The zero-order valence-electron chi connectivity index (χ0n) is 28.3. The molecule has 0 saturated heterocycles. The predicted octanol–water partition coefficient (Wildman–Crippen LogP) is 8.39. The molecule has 0 aliphatic carbocycles. The molecule has 2 heterocycles. The van der Waals surface area contributed by atoms with Crippen LogP contribution in [0.2, 0.25) is 0 Å². The molecule has 4 amide bonds. The van der Waals surface area contributed by atoms with Crippen LogP contribution < -0.4 is 0 Å². The van der Waals surface area contributed by atoms with Gasteiger partial charge in [0.05, 0.1) is 23.6 Å². The second-order valence-electron chi connectivity index (χ2n) is 11.7. The molecule has 4 N–H and O–H groups in total.